The van der Waals surface area contributed by atoms with Crippen LogP contribution in [0.1, 0.15) is 30.4 Å². The van der Waals surface area contributed by atoms with E-state index >= 15 is 0 Å². The Bertz CT molecular complexity index is 1060. The van der Waals surface area contributed by atoms with E-state index < -0.39 is 0 Å². The van der Waals surface area contributed by atoms with Crippen LogP contribution in [0.5, 0.6) is 0 Å². The molecule has 0 unspecified atom stereocenters. The van der Waals surface area contributed by atoms with Gasteiger partial charge in [-0.3, -0.25) is 5.32 Å². The quantitative estimate of drug-likeness (QED) is 0.599. The van der Waals surface area contributed by atoms with Gasteiger partial charge in [0.1, 0.15) is 17.8 Å². The summed E-state index contributed by atoms with van der Waals surface area (Å²) in [4.78, 5) is 0. The summed E-state index contributed by atoms with van der Waals surface area (Å²) < 4.78 is 8.16. The molecule has 0 spiro atoms. The maximum atomic E-state index is 6.30. The van der Waals surface area contributed by atoms with Crippen molar-refractivity contribution in [3.8, 4) is 5.69 Å². The van der Waals surface area contributed by atoms with Crippen molar-refractivity contribution in [2.45, 2.75) is 25.3 Å². The van der Waals surface area contributed by atoms with Crippen LogP contribution < -0.4 is 5.32 Å². The van der Waals surface area contributed by atoms with Crippen molar-refractivity contribution >= 4 is 11.0 Å². The van der Waals surface area contributed by atoms with Crippen molar-refractivity contribution in [3.05, 3.63) is 90.0 Å². The molecule has 5 rings (SSSR count). The summed E-state index contributed by atoms with van der Waals surface area (Å²) >= 11 is 0. The van der Waals surface area contributed by atoms with Crippen LogP contribution in [-0.2, 0) is 4.74 Å². The minimum absolute atomic E-state index is 0.0511. The molecule has 1 N–H and O–H groups in total. The highest BCUT2D eigenvalue weighted by molar-refractivity contribution is 5.75. The molecule has 3 aromatic carbocycles. The van der Waals surface area contributed by atoms with Gasteiger partial charge < -0.3 is 4.74 Å². The smallest absolute Gasteiger partial charge is 0.135 e. The molecule has 3 atom stereocenters. The molecule has 5 nitrogen and oxygen atoms in total. The van der Waals surface area contributed by atoms with Gasteiger partial charge in [-0.1, -0.05) is 59.8 Å². The van der Waals surface area contributed by atoms with E-state index in [-0.39, 0.29) is 18.4 Å². The van der Waals surface area contributed by atoms with Crippen molar-refractivity contribution in [3.63, 3.8) is 0 Å². The van der Waals surface area contributed by atoms with Crippen LogP contribution in [0.3, 0.4) is 0 Å². The number of para-hydroxylation sites is 1. The van der Waals surface area contributed by atoms with Crippen molar-refractivity contribution < 1.29 is 4.74 Å². The highest BCUT2D eigenvalue weighted by Gasteiger charge is 2.33. The normalized spacial score (nSPS) is 22.3. The molecule has 1 saturated heterocycles. The van der Waals surface area contributed by atoms with Gasteiger partial charge in [0.25, 0.3) is 0 Å². The fraction of sp³-hybridized carbons (Fsp3) is 0.182. The predicted molar refractivity (Wildman–Crippen MR) is 104 cm³/mol. The second-order valence-corrected chi connectivity index (χ2v) is 6.88. The topological polar surface area (TPSA) is 52.0 Å². The molecule has 1 aliphatic heterocycles. The summed E-state index contributed by atoms with van der Waals surface area (Å²) in [5.74, 6) is 0. The SMILES string of the molecule is C[C@@H]1N[C@@H](c2ccc(-n3nnc4ccccc43)cc2)O[C@@H]1c1ccccc1. The first-order chi connectivity index (χ1) is 13.3. The summed E-state index contributed by atoms with van der Waals surface area (Å²) in [7, 11) is 0. The van der Waals surface area contributed by atoms with Crippen molar-refractivity contribution in [1.29, 1.82) is 0 Å². The lowest BCUT2D eigenvalue weighted by atomic mass is 10.0. The molecule has 0 radical (unpaired) electrons. The Hall–Kier alpha value is -3.02. The van der Waals surface area contributed by atoms with Gasteiger partial charge in [0.2, 0.25) is 0 Å². The molecule has 1 aromatic heterocycles. The Morgan fingerprint density at radius 3 is 2.41 bits per heavy atom. The van der Waals surface area contributed by atoms with E-state index in [9.17, 15) is 0 Å². The highest BCUT2D eigenvalue weighted by atomic mass is 16.5. The van der Waals surface area contributed by atoms with Crippen LogP contribution in [-0.4, -0.2) is 21.0 Å². The zero-order valence-electron chi connectivity index (χ0n) is 15.0. The second-order valence-electron chi connectivity index (χ2n) is 6.88. The van der Waals surface area contributed by atoms with E-state index in [1.54, 1.807) is 0 Å². The Morgan fingerprint density at radius 1 is 0.852 bits per heavy atom. The third-order valence-electron chi connectivity index (χ3n) is 5.07. The lowest BCUT2D eigenvalue weighted by Crippen LogP contribution is -2.23. The summed E-state index contributed by atoms with van der Waals surface area (Å²) in [5.41, 5.74) is 5.18. The van der Waals surface area contributed by atoms with Gasteiger partial charge in [0.15, 0.2) is 0 Å². The molecule has 1 aliphatic rings. The molecule has 0 bridgehead atoms. The fourth-order valence-electron chi connectivity index (χ4n) is 3.66. The molecule has 134 valence electrons. The minimum Gasteiger partial charge on any atom is -0.350 e. The number of fused-ring (bicyclic) bond motifs is 1. The monoisotopic (exact) mass is 356 g/mol. The average molecular weight is 356 g/mol. The van der Waals surface area contributed by atoms with E-state index in [0.29, 0.717) is 0 Å². The van der Waals surface area contributed by atoms with E-state index in [1.807, 2.05) is 35.0 Å². The summed E-state index contributed by atoms with van der Waals surface area (Å²) in [5, 5.41) is 12.0. The van der Waals surface area contributed by atoms with Crippen LogP contribution in [0.4, 0.5) is 0 Å². The number of ether oxygens (including phenoxy) is 1. The van der Waals surface area contributed by atoms with E-state index in [2.05, 4.69) is 71.1 Å². The van der Waals surface area contributed by atoms with E-state index in [1.165, 1.54) is 5.56 Å². The first kappa shape index (κ1) is 16.2. The third-order valence-corrected chi connectivity index (χ3v) is 5.07. The van der Waals surface area contributed by atoms with Crippen LogP contribution in [0, 0.1) is 0 Å². The Labute approximate surface area is 157 Å². The van der Waals surface area contributed by atoms with Gasteiger partial charge in [-0.2, -0.15) is 0 Å². The van der Waals surface area contributed by atoms with Crippen LogP contribution in [0.2, 0.25) is 0 Å². The van der Waals surface area contributed by atoms with Crippen molar-refractivity contribution in [2.24, 2.45) is 0 Å². The molecule has 0 amide bonds. The van der Waals surface area contributed by atoms with Crippen molar-refractivity contribution in [1.82, 2.24) is 20.3 Å². The zero-order chi connectivity index (χ0) is 18.2. The van der Waals surface area contributed by atoms with Crippen LogP contribution >= 0.6 is 0 Å². The number of hydrogen-bond acceptors (Lipinski definition) is 4. The summed E-state index contributed by atoms with van der Waals surface area (Å²) in [6.45, 7) is 2.16. The standard InChI is InChI=1S/C22H20N4O/c1-15-21(16-7-3-2-4-8-16)27-22(23-15)17-11-13-18(14-12-17)26-20-10-6-5-9-19(20)24-25-26/h2-15,21-23H,1H3/t15-,21-,22+/m0/s1. The minimum atomic E-state index is -0.119. The number of nitrogens with one attached hydrogen (secondary N) is 1. The highest BCUT2D eigenvalue weighted by Crippen LogP contribution is 2.35. The predicted octanol–water partition coefficient (Wildman–Crippen LogP) is 4.17. The van der Waals surface area contributed by atoms with Gasteiger partial charge in [0.05, 0.1) is 11.2 Å². The number of benzene rings is 3. The number of aromatic nitrogens is 3. The average Bonchev–Trinajstić information content (AvgIpc) is 3.33. The van der Waals surface area contributed by atoms with Gasteiger partial charge in [-0.05, 0) is 42.3 Å². The van der Waals surface area contributed by atoms with E-state index in [4.69, 9.17) is 4.74 Å². The van der Waals surface area contributed by atoms with Crippen molar-refractivity contribution in [2.75, 3.05) is 0 Å². The van der Waals surface area contributed by atoms with Crippen LogP contribution in [0.25, 0.3) is 16.7 Å². The third kappa shape index (κ3) is 2.91. The lowest BCUT2D eigenvalue weighted by Gasteiger charge is -2.14. The van der Waals surface area contributed by atoms with Crippen LogP contribution in [0.15, 0.2) is 78.9 Å². The molecule has 4 aromatic rings. The fourth-order valence-corrected chi connectivity index (χ4v) is 3.66. The summed E-state index contributed by atoms with van der Waals surface area (Å²) in [6, 6.07) is 26.9. The first-order valence-corrected chi connectivity index (χ1v) is 9.17. The number of hydrogen-bond donors (Lipinski definition) is 1. The molecule has 27 heavy (non-hydrogen) atoms. The largest absolute Gasteiger partial charge is 0.350 e. The molecular formula is C22H20N4O. The number of rotatable bonds is 3. The lowest BCUT2D eigenvalue weighted by molar-refractivity contribution is 0.0363. The summed E-state index contributed by atoms with van der Waals surface area (Å²) in [6.07, 6.45) is -0.0677. The van der Waals surface area contributed by atoms with Gasteiger partial charge >= 0.3 is 0 Å². The zero-order valence-corrected chi connectivity index (χ0v) is 15.0. The molecule has 2 heterocycles. The Balaban J connectivity index is 1.39. The maximum absolute atomic E-state index is 6.30. The first-order valence-electron chi connectivity index (χ1n) is 9.17. The van der Waals surface area contributed by atoms with Gasteiger partial charge in [0, 0.05) is 6.04 Å². The molecule has 0 aliphatic carbocycles. The second kappa shape index (κ2) is 6.61. The van der Waals surface area contributed by atoms with Gasteiger partial charge in [-0.15, -0.1) is 5.10 Å². The molecule has 0 saturated carbocycles. The molecular weight excluding hydrogens is 336 g/mol. The Kier molecular flexibility index (Phi) is 3.96. The van der Waals surface area contributed by atoms with E-state index in [0.717, 1.165) is 22.3 Å². The molecule has 5 heteroatoms. The van der Waals surface area contributed by atoms with Gasteiger partial charge in [-0.25, -0.2) is 4.68 Å². The molecule has 1 fully saturated rings. The number of nitrogens with zero attached hydrogens (tertiary/aromatic N) is 3. The maximum Gasteiger partial charge on any atom is 0.135 e. The Morgan fingerprint density at radius 2 is 1.59 bits per heavy atom.